The van der Waals surface area contributed by atoms with E-state index in [-0.39, 0.29) is 24.2 Å². The lowest BCUT2D eigenvalue weighted by Crippen LogP contribution is -2.53. The molecule has 4 aromatic heterocycles. The molecule has 0 saturated heterocycles. The Labute approximate surface area is 191 Å². The zero-order chi connectivity index (χ0) is 25.4. The van der Waals surface area contributed by atoms with Crippen molar-refractivity contribution in [1.82, 2.24) is 28.7 Å². The van der Waals surface area contributed by atoms with Crippen LogP contribution in [0.3, 0.4) is 0 Å². The summed E-state index contributed by atoms with van der Waals surface area (Å²) in [6, 6.07) is 5.04. The Bertz CT molecular complexity index is 1580. The molecule has 0 unspecified atom stereocenters. The summed E-state index contributed by atoms with van der Waals surface area (Å²) in [7, 11) is 0. The lowest BCUT2D eigenvalue weighted by atomic mass is 9.66. The molecule has 4 heterocycles. The summed E-state index contributed by atoms with van der Waals surface area (Å²) in [5.74, 6) is 0.679. The molecular weight excluding hydrogens is 427 g/mol. The van der Waals surface area contributed by atoms with E-state index >= 15 is 0 Å². The number of amides is 1. The van der Waals surface area contributed by atoms with Crippen molar-refractivity contribution in [1.29, 1.82) is 0 Å². The van der Waals surface area contributed by atoms with Gasteiger partial charge in [-0.25, -0.2) is 23.7 Å². The predicted molar refractivity (Wildman–Crippen MR) is 119 cm³/mol. The van der Waals surface area contributed by atoms with Crippen LogP contribution in [0.4, 0.5) is 16.0 Å². The average molecular weight is 453 g/mol. The molecule has 11 heteroatoms. The number of fused-ring (bicyclic) bond motifs is 2. The van der Waals surface area contributed by atoms with Gasteiger partial charge in [0.25, 0.3) is 0 Å². The molecule has 33 heavy (non-hydrogen) atoms. The fourth-order valence-corrected chi connectivity index (χ4v) is 4.55. The number of nitrogens with two attached hydrogens (primary N) is 1. The average Bonchev–Trinajstić information content (AvgIpc) is 3.44. The molecule has 2 aliphatic rings. The molecular formula is C22H23FN8O2. The Kier molecular flexibility index (Phi) is 3.50. The Balaban J connectivity index is 1.39. The highest BCUT2D eigenvalue weighted by atomic mass is 19.1. The smallest absolute Gasteiger partial charge is 0.328 e. The second kappa shape index (κ2) is 6.87. The Morgan fingerprint density at radius 3 is 2.79 bits per heavy atom. The first kappa shape index (κ1) is 16.8. The molecule has 2 aliphatic carbocycles. The van der Waals surface area contributed by atoms with Gasteiger partial charge in [0.2, 0.25) is 5.91 Å². The van der Waals surface area contributed by atoms with Gasteiger partial charge in [-0.2, -0.15) is 0 Å². The highest BCUT2D eigenvalue weighted by Gasteiger charge is 2.54. The SMILES string of the molecule is [2H]C([2H])([2H])n1c(=O)n(CC2CC2)c2cc(Nc3ccc4cnc(C5(C(N)=O)CC(F)C5)n4n3)ncc21. The summed E-state index contributed by atoms with van der Waals surface area (Å²) < 4.78 is 40.9. The third-order valence-corrected chi connectivity index (χ3v) is 6.63. The van der Waals surface area contributed by atoms with Gasteiger partial charge in [0.15, 0.2) is 5.82 Å². The highest BCUT2D eigenvalue weighted by molar-refractivity contribution is 5.87. The number of hydrogen-bond donors (Lipinski definition) is 2. The van der Waals surface area contributed by atoms with Crippen LogP contribution in [0, 0.1) is 5.92 Å². The zero-order valence-electron chi connectivity index (χ0n) is 20.5. The number of rotatable bonds is 6. The fourth-order valence-electron chi connectivity index (χ4n) is 4.55. The molecule has 1 amide bonds. The van der Waals surface area contributed by atoms with E-state index in [4.69, 9.17) is 9.85 Å². The van der Waals surface area contributed by atoms with Crippen LogP contribution in [0.1, 0.15) is 35.6 Å². The summed E-state index contributed by atoms with van der Waals surface area (Å²) in [5.41, 5.74) is 5.08. The first-order valence-electron chi connectivity index (χ1n) is 12.2. The van der Waals surface area contributed by atoms with Crippen LogP contribution in [0.2, 0.25) is 0 Å². The van der Waals surface area contributed by atoms with Gasteiger partial charge in [0.1, 0.15) is 23.2 Å². The van der Waals surface area contributed by atoms with E-state index < -0.39 is 30.2 Å². The molecule has 0 bridgehead atoms. The van der Waals surface area contributed by atoms with Crippen molar-refractivity contribution < 1.29 is 13.3 Å². The number of nitrogens with one attached hydrogen (secondary N) is 1. The summed E-state index contributed by atoms with van der Waals surface area (Å²) >= 11 is 0. The molecule has 0 radical (unpaired) electrons. The van der Waals surface area contributed by atoms with Crippen LogP contribution in [-0.2, 0) is 23.7 Å². The second-order valence-electron chi connectivity index (χ2n) is 8.94. The summed E-state index contributed by atoms with van der Waals surface area (Å²) in [4.78, 5) is 33.8. The maximum atomic E-state index is 13.7. The largest absolute Gasteiger partial charge is 0.369 e. The number of aryl methyl sites for hydroxylation is 1. The van der Waals surface area contributed by atoms with Crippen molar-refractivity contribution in [2.24, 2.45) is 18.6 Å². The molecule has 2 fully saturated rings. The van der Waals surface area contributed by atoms with Crippen molar-refractivity contribution in [3.8, 4) is 0 Å². The quantitative estimate of drug-likeness (QED) is 0.459. The van der Waals surface area contributed by atoms with Crippen molar-refractivity contribution in [3.63, 3.8) is 0 Å². The highest BCUT2D eigenvalue weighted by Crippen LogP contribution is 2.44. The number of imidazole rings is 2. The van der Waals surface area contributed by atoms with Gasteiger partial charge in [-0.15, -0.1) is 5.10 Å². The van der Waals surface area contributed by atoms with Gasteiger partial charge < -0.3 is 11.1 Å². The predicted octanol–water partition coefficient (Wildman–Crippen LogP) is 1.79. The molecule has 0 aliphatic heterocycles. The maximum Gasteiger partial charge on any atom is 0.328 e. The van der Waals surface area contributed by atoms with Crippen LogP contribution in [0.15, 0.2) is 35.4 Å². The molecule has 0 atom stereocenters. The minimum atomic E-state index is -2.64. The number of alkyl halides is 1. The van der Waals surface area contributed by atoms with Gasteiger partial charge >= 0.3 is 5.69 Å². The number of primary amides is 1. The Morgan fingerprint density at radius 2 is 2.09 bits per heavy atom. The number of anilines is 2. The Hall–Kier alpha value is -3.76. The van der Waals surface area contributed by atoms with E-state index in [1.54, 1.807) is 24.4 Å². The minimum absolute atomic E-state index is 0.0436. The van der Waals surface area contributed by atoms with Crippen LogP contribution in [-0.4, -0.2) is 40.8 Å². The van der Waals surface area contributed by atoms with E-state index in [0.717, 1.165) is 17.4 Å². The molecule has 2 saturated carbocycles. The topological polar surface area (TPSA) is 125 Å². The van der Waals surface area contributed by atoms with Crippen LogP contribution in [0.25, 0.3) is 16.6 Å². The van der Waals surface area contributed by atoms with Gasteiger partial charge in [-0.1, -0.05) is 0 Å². The van der Waals surface area contributed by atoms with Crippen molar-refractivity contribution in [2.75, 3.05) is 5.32 Å². The monoisotopic (exact) mass is 453 g/mol. The number of pyridine rings is 1. The van der Waals surface area contributed by atoms with E-state index in [9.17, 15) is 14.0 Å². The summed E-state index contributed by atoms with van der Waals surface area (Å²) in [6.45, 7) is -2.20. The first-order chi connectivity index (χ1) is 17.1. The van der Waals surface area contributed by atoms with E-state index in [1.807, 2.05) is 0 Å². The second-order valence-corrected chi connectivity index (χ2v) is 8.94. The van der Waals surface area contributed by atoms with Gasteiger partial charge in [0.05, 0.1) is 28.9 Å². The third-order valence-electron chi connectivity index (χ3n) is 6.63. The molecule has 10 nitrogen and oxygen atoms in total. The molecule has 170 valence electrons. The van der Waals surface area contributed by atoms with Crippen molar-refractivity contribution >= 4 is 34.1 Å². The number of hydrogen-bond acceptors (Lipinski definition) is 6. The van der Waals surface area contributed by atoms with Gasteiger partial charge in [-0.3, -0.25) is 13.9 Å². The first-order valence-corrected chi connectivity index (χ1v) is 10.7. The molecule has 3 N–H and O–H groups in total. The van der Waals surface area contributed by atoms with Gasteiger partial charge in [-0.05, 0) is 30.9 Å². The standard InChI is InChI=1S/C22H23FN8O2/c1-29-16-10-25-18(6-15(16)30(21(29)33)11-12-2-3-12)27-17-5-4-14-9-26-20(31(14)28-17)22(19(24)32)7-13(23)8-22/h4-6,9-10,12-13H,2-3,7-8,11H2,1H3,(H2,24,32)(H,25,27,28)/i1D3. The molecule has 0 spiro atoms. The maximum absolute atomic E-state index is 13.7. The third kappa shape index (κ3) is 3.02. The lowest BCUT2D eigenvalue weighted by Gasteiger charge is -2.39. The van der Waals surface area contributed by atoms with E-state index in [1.165, 1.54) is 15.3 Å². The molecule has 0 aromatic carbocycles. The lowest BCUT2D eigenvalue weighted by molar-refractivity contribution is -0.129. The number of halogens is 1. The molecule has 4 aromatic rings. The number of aromatic nitrogens is 6. The van der Waals surface area contributed by atoms with Crippen molar-refractivity contribution in [2.45, 2.75) is 43.8 Å². The number of carbonyl (C=O) groups is 1. The summed E-state index contributed by atoms with van der Waals surface area (Å²) in [5, 5.41) is 7.59. The van der Waals surface area contributed by atoms with E-state index in [0.29, 0.717) is 35.1 Å². The normalized spacial score (nSPS) is 24.3. The van der Waals surface area contributed by atoms with Crippen LogP contribution >= 0.6 is 0 Å². The zero-order valence-corrected chi connectivity index (χ0v) is 17.5. The molecule has 6 rings (SSSR count). The van der Waals surface area contributed by atoms with Crippen LogP contribution < -0.4 is 16.7 Å². The van der Waals surface area contributed by atoms with Crippen LogP contribution in [0.5, 0.6) is 0 Å². The number of nitrogens with zero attached hydrogens (tertiary/aromatic N) is 6. The van der Waals surface area contributed by atoms with Crippen molar-refractivity contribution in [3.05, 3.63) is 46.9 Å². The Morgan fingerprint density at radius 1 is 1.27 bits per heavy atom. The summed E-state index contributed by atoms with van der Waals surface area (Å²) in [6.07, 6.45) is 3.68. The minimum Gasteiger partial charge on any atom is -0.369 e. The number of carbonyl (C=O) groups excluding carboxylic acids is 1. The fraction of sp³-hybridized carbons (Fsp3) is 0.409. The van der Waals surface area contributed by atoms with E-state index in [2.05, 4.69) is 20.4 Å². The van der Waals surface area contributed by atoms with Gasteiger partial charge in [0, 0.05) is 36.5 Å².